The minimum Gasteiger partial charge on any atom is -0.493 e. The molecule has 0 amide bonds. The van der Waals surface area contributed by atoms with Gasteiger partial charge in [0, 0.05) is 6.07 Å². The zero-order chi connectivity index (χ0) is 25.6. The van der Waals surface area contributed by atoms with Crippen molar-refractivity contribution < 1.29 is 28.2 Å². The predicted molar refractivity (Wildman–Crippen MR) is 138 cm³/mol. The first kappa shape index (κ1) is 26.9. The molecule has 190 valence electrons. The molecular weight excluding hydrogens is 459 g/mol. The Kier molecular flexibility index (Phi) is 11.0. The lowest BCUT2D eigenvalue weighted by Gasteiger charge is -2.09. The third-order valence-electron chi connectivity index (χ3n) is 5.77. The molecule has 3 aromatic rings. The van der Waals surface area contributed by atoms with Crippen LogP contribution in [0.15, 0.2) is 72.8 Å². The van der Waals surface area contributed by atoms with Crippen molar-refractivity contribution in [2.24, 2.45) is 0 Å². The van der Waals surface area contributed by atoms with Crippen LogP contribution in [0.1, 0.15) is 68.6 Å². The highest BCUT2D eigenvalue weighted by Crippen LogP contribution is 2.24. The van der Waals surface area contributed by atoms with E-state index < -0.39 is 17.9 Å². The molecule has 0 spiro atoms. The van der Waals surface area contributed by atoms with E-state index in [9.17, 15) is 14.0 Å². The number of unbranched alkanes of at least 4 members (excludes halogenated alkanes) is 7. The van der Waals surface area contributed by atoms with Crippen LogP contribution in [0, 0.1) is 5.82 Å². The molecule has 36 heavy (non-hydrogen) atoms. The summed E-state index contributed by atoms with van der Waals surface area (Å²) in [6, 6.07) is 20.2. The van der Waals surface area contributed by atoms with Gasteiger partial charge in [0.2, 0.25) is 0 Å². The highest BCUT2D eigenvalue weighted by atomic mass is 19.1. The fraction of sp³-hybridized carbons (Fsp3) is 0.333. The minimum absolute atomic E-state index is 0.178. The second-order valence-corrected chi connectivity index (χ2v) is 8.60. The van der Waals surface area contributed by atoms with E-state index in [-0.39, 0.29) is 11.3 Å². The number of rotatable bonds is 13. The van der Waals surface area contributed by atoms with E-state index in [1.807, 2.05) is 30.3 Å². The van der Waals surface area contributed by atoms with Crippen molar-refractivity contribution in [3.8, 4) is 22.6 Å². The van der Waals surface area contributed by atoms with Crippen LogP contribution in [-0.4, -0.2) is 18.7 Å². The maximum absolute atomic E-state index is 14.4. The molecule has 0 bridgehead atoms. The third kappa shape index (κ3) is 8.84. The lowest BCUT2D eigenvalue weighted by Crippen LogP contribution is -2.17. The van der Waals surface area contributed by atoms with E-state index in [4.69, 9.17) is 14.2 Å². The highest BCUT2D eigenvalue weighted by Gasteiger charge is 2.17. The van der Waals surface area contributed by atoms with Crippen molar-refractivity contribution >= 4 is 12.1 Å². The van der Waals surface area contributed by atoms with Gasteiger partial charge in [0.1, 0.15) is 5.75 Å². The quantitative estimate of drug-likeness (QED) is 0.104. The number of ether oxygens (including phenoxy) is 3. The molecule has 0 heterocycles. The average Bonchev–Trinajstić information content (AvgIpc) is 2.90. The molecule has 6 heteroatoms. The van der Waals surface area contributed by atoms with Gasteiger partial charge in [-0.05, 0) is 41.8 Å². The van der Waals surface area contributed by atoms with Gasteiger partial charge in [0.15, 0.2) is 11.6 Å². The van der Waals surface area contributed by atoms with Gasteiger partial charge in [-0.25, -0.2) is 14.0 Å². The molecule has 0 aliphatic carbocycles. The van der Waals surface area contributed by atoms with Crippen molar-refractivity contribution in [2.45, 2.75) is 58.3 Å². The monoisotopic (exact) mass is 492 g/mol. The smallest absolute Gasteiger partial charge is 0.493 e. The molecule has 0 aliphatic heterocycles. The van der Waals surface area contributed by atoms with Gasteiger partial charge in [-0.1, -0.05) is 94.3 Å². The standard InChI is InChI=1S/C30H33FO5/c1-2-3-4-5-6-7-8-12-21-34-26-19-20-28(27(31)22-26)35-30(33)36-29(32)25-17-15-24(16-18-25)23-13-10-9-11-14-23/h9-11,13-20,22H,2-8,12,21H2,1H3. The SMILES string of the molecule is CCCCCCCCCCOc1ccc(OC(=O)OC(=O)c2ccc(-c3ccccc3)cc2)c(F)c1. The van der Waals surface area contributed by atoms with Crippen molar-refractivity contribution in [3.05, 3.63) is 84.2 Å². The summed E-state index contributed by atoms with van der Waals surface area (Å²) in [5, 5.41) is 0. The first-order valence-electron chi connectivity index (χ1n) is 12.6. The van der Waals surface area contributed by atoms with Crippen LogP contribution in [0.4, 0.5) is 9.18 Å². The molecule has 0 aliphatic rings. The Hall–Kier alpha value is -3.67. The van der Waals surface area contributed by atoms with Crippen LogP contribution in [0.3, 0.4) is 0 Å². The summed E-state index contributed by atoms with van der Waals surface area (Å²) in [7, 11) is 0. The molecule has 3 aromatic carbocycles. The Balaban J connectivity index is 1.40. The molecule has 0 atom stereocenters. The molecule has 3 rings (SSSR count). The summed E-state index contributed by atoms with van der Waals surface area (Å²) in [5.74, 6) is -1.65. The van der Waals surface area contributed by atoms with Gasteiger partial charge in [0.25, 0.3) is 0 Å². The van der Waals surface area contributed by atoms with E-state index in [1.54, 1.807) is 24.3 Å². The van der Waals surface area contributed by atoms with E-state index in [1.165, 1.54) is 50.7 Å². The maximum atomic E-state index is 14.4. The summed E-state index contributed by atoms with van der Waals surface area (Å²) >= 11 is 0. The normalized spacial score (nSPS) is 10.6. The first-order valence-corrected chi connectivity index (χ1v) is 12.6. The molecule has 0 radical (unpaired) electrons. The zero-order valence-corrected chi connectivity index (χ0v) is 20.7. The topological polar surface area (TPSA) is 61.8 Å². The molecule has 0 saturated carbocycles. The number of hydrogen-bond acceptors (Lipinski definition) is 5. The fourth-order valence-corrected chi connectivity index (χ4v) is 3.75. The molecular formula is C30H33FO5. The lowest BCUT2D eigenvalue weighted by atomic mass is 10.0. The van der Waals surface area contributed by atoms with Crippen LogP contribution in [-0.2, 0) is 4.74 Å². The Labute approximate surface area is 212 Å². The van der Waals surface area contributed by atoms with Gasteiger partial charge in [-0.15, -0.1) is 0 Å². The largest absolute Gasteiger partial charge is 0.522 e. The van der Waals surface area contributed by atoms with E-state index in [0.29, 0.717) is 12.4 Å². The summed E-state index contributed by atoms with van der Waals surface area (Å²) in [6.07, 6.45) is 8.19. The number of benzene rings is 3. The molecule has 0 fully saturated rings. The van der Waals surface area contributed by atoms with Crippen molar-refractivity contribution in [3.63, 3.8) is 0 Å². The summed E-state index contributed by atoms with van der Waals surface area (Å²) < 4.78 is 29.5. The summed E-state index contributed by atoms with van der Waals surface area (Å²) in [4.78, 5) is 24.3. The van der Waals surface area contributed by atoms with Crippen molar-refractivity contribution in [1.29, 1.82) is 0 Å². The van der Waals surface area contributed by atoms with Crippen molar-refractivity contribution in [2.75, 3.05) is 6.61 Å². The van der Waals surface area contributed by atoms with Crippen LogP contribution in [0.2, 0.25) is 0 Å². The maximum Gasteiger partial charge on any atom is 0.522 e. The second kappa shape index (κ2) is 14.7. The van der Waals surface area contributed by atoms with Gasteiger partial charge in [-0.3, -0.25) is 0 Å². The van der Waals surface area contributed by atoms with Crippen LogP contribution in [0.5, 0.6) is 11.5 Å². The van der Waals surface area contributed by atoms with Crippen LogP contribution in [0.25, 0.3) is 11.1 Å². The van der Waals surface area contributed by atoms with Crippen LogP contribution < -0.4 is 9.47 Å². The van der Waals surface area contributed by atoms with Gasteiger partial charge in [-0.2, -0.15) is 0 Å². The third-order valence-corrected chi connectivity index (χ3v) is 5.77. The number of esters is 1. The Morgan fingerprint density at radius 3 is 2.06 bits per heavy atom. The zero-order valence-electron chi connectivity index (χ0n) is 20.7. The lowest BCUT2D eigenvalue weighted by molar-refractivity contribution is 0.0526. The van der Waals surface area contributed by atoms with Crippen LogP contribution >= 0.6 is 0 Å². The summed E-state index contributed by atoms with van der Waals surface area (Å²) in [6.45, 7) is 2.70. The summed E-state index contributed by atoms with van der Waals surface area (Å²) in [5.41, 5.74) is 2.09. The van der Waals surface area contributed by atoms with Crippen molar-refractivity contribution in [1.82, 2.24) is 0 Å². The number of carbonyl (C=O) groups excluding carboxylic acids is 2. The molecule has 5 nitrogen and oxygen atoms in total. The number of halogens is 1. The minimum atomic E-state index is -1.31. The average molecular weight is 493 g/mol. The van der Waals surface area contributed by atoms with E-state index >= 15 is 0 Å². The Bertz CT molecular complexity index is 1100. The molecule has 0 N–H and O–H groups in total. The Morgan fingerprint density at radius 2 is 1.39 bits per heavy atom. The fourth-order valence-electron chi connectivity index (χ4n) is 3.75. The Morgan fingerprint density at radius 1 is 0.750 bits per heavy atom. The molecule has 0 saturated heterocycles. The first-order chi connectivity index (χ1) is 17.6. The van der Waals surface area contributed by atoms with Gasteiger partial charge < -0.3 is 14.2 Å². The van der Waals surface area contributed by atoms with E-state index in [0.717, 1.165) is 30.0 Å². The predicted octanol–water partition coefficient (Wildman–Crippen LogP) is 8.37. The molecule has 0 unspecified atom stereocenters. The number of hydrogen-bond donors (Lipinski definition) is 0. The van der Waals surface area contributed by atoms with Gasteiger partial charge >= 0.3 is 12.1 Å². The molecule has 0 aromatic heterocycles. The number of carbonyl (C=O) groups is 2. The van der Waals surface area contributed by atoms with Gasteiger partial charge in [0.05, 0.1) is 12.2 Å². The second-order valence-electron chi connectivity index (χ2n) is 8.60. The highest BCUT2D eigenvalue weighted by molar-refractivity contribution is 5.96. The van der Waals surface area contributed by atoms with E-state index in [2.05, 4.69) is 6.92 Å².